The van der Waals surface area contributed by atoms with Crippen LogP contribution in [-0.2, 0) is 15.9 Å². The summed E-state index contributed by atoms with van der Waals surface area (Å²) in [6.45, 7) is 6.73. The molecule has 2 atom stereocenters. The molecule has 4 aliphatic rings. The molecule has 0 aromatic heterocycles. The van der Waals surface area contributed by atoms with E-state index < -0.39 is 15.9 Å². The normalized spacial score (nSPS) is 30.2. The van der Waals surface area contributed by atoms with E-state index in [2.05, 4.69) is 36.6 Å². The number of allylic oxidation sites excluding steroid dienone is 8. The summed E-state index contributed by atoms with van der Waals surface area (Å²) in [6.07, 6.45) is 14.9. The molecule has 0 spiro atoms. The van der Waals surface area contributed by atoms with Gasteiger partial charge >= 0.3 is 162 Å². The minimum absolute atomic E-state index is 0.326. The summed E-state index contributed by atoms with van der Waals surface area (Å²) in [6, 6.07) is 0. The van der Waals surface area contributed by atoms with Gasteiger partial charge in [-0.2, -0.15) is 0 Å². The van der Waals surface area contributed by atoms with Gasteiger partial charge in [-0.15, -0.1) is 0 Å². The Kier molecular flexibility index (Phi) is 4.79. The van der Waals surface area contributed by atoms with Crippen molar-refractivity contribution < 1.29 is 15.9 Å². The molecule has 0 aromatic carbocycles. The average molecular weight is 457 g/mol. The zero-order valence-electron chi connectivity index (χ0n) is 15.8. The first-order valence-corrected chi connectivity index (χ1v) is 20.6. The third-order valence-electron chi connectivity index (χ3n) is 7.18. The van der Waals surface area contributed by atoms with Gasteiger partial charge in [-0.3, -0.25) is 0 Å². The number of halogens is 2. The van der Waals surface area contributed by atoms with Crippen molar-refractivity contribution >= 4 is 20.7 Å². The molecule has 136 valence electrons. The van der Waals surface area contributed by atoms with E-state index in [1.165, 1.54) is 62.5 Å². The van der Waals surface area contributed by atoms with Crippen LogP contribution in [0, 0.1) is 0 Å². The van der Waals surface area contributed by atoms with Crippen molar-refractivity contribution in [2.75, 3.05) is 0 Å². The Hall–Kier alpha value is 0.293. The predicted molar refractivity (Wildman–Crippen MR) is 109 cm³/mol. The van der Waals surface area contributed by atoms with Crippen molar-refractivity contribution in [2.24, 2.45) is 0 Å². The first-order chi connectivity index (χ1) is 11.9. The Bertz CT molecular complexity index is 753. The number of hydrogen-bond acceptors (Lipinski definition) is 0. The Labute approximate surface area is 160 Å². The minimum atomic E-state index is -4.25. The topological polar surface area (TPSA) is 0 Å². The van der Waals surface area contributed by atoms with Gasteiger partial charge < -0.3 is 0 Å². The standard InChI is InChI=1S/2C10H13.C2H4.2ClH.Zr/c2*1-8-6-9-4-2-3-5-10(9)7-8;1-2;;;/h2*6-7H,2-5H2,1H3;1H,2H3;2*1H;/q;;;;;+2/p-2. The fourth-order valence-corrected chi connectivity index (χ4v) is 25.4. The maximum absolute atomic E-state index is 7.79. The molecule has 0 N–H and O–H groups in total. The van der Waals surface area contributed by atoms with Crippen molar-refractivity contribution in [3.63, 3.8) is 0 Å². The molecular formula is C22H30Cl2Zr. The molecule has 4 rings (SSSR count). The molecule has 0 saturated carbocycles. The summed E-state index contributed by atoms with van der Waals surface area (Å²) in [7, 11) is 15.6. The zero-order valence-corrected chi connectivity index (χ0v) is 19.8. The van der Waals surface area contributed by atoms with E-state index >= 15 is 0 Å². The van der Waals surface area contributed by atoms with Crippen LogP contribution in [0.1, 0.15) is 72.1 Å². The van der Waals surface area contributed by atoms with Crippen molar-refractivity contribution in [1.29, 1.82) is 0 Å². The van der Waals surface area contributed by atoms with Crippen LogP contribution in [0.25, 0.3) is 0 Å². The molecule has 0 aliphatic heterocycles. The Morgan fingerprint density at radius 1 is 0.800 bits per heavy atom. The SMILES string of the molecule is C[CH]=[Zr]([Cl])([Cl])([CH]1C(C)=CC2=C1CCCC2)[CH]1C(C)=CC2=C1CCCC2. The average Bonchev–Trinajstić information content (AvgIpc) is 3.11. The molecule has 0 bridgehead atoms. The first-order valence-electron chi connectivity index (χ1n) is 10.0. The van der Waals surface area contributed by atoms with Gasteiger partial charge in [-0.05, 0) is 0 Å². The summed E-state index contributed by atoms with van der Waals surface area (Å²) in [5, 5.41) is 0. The van der Waals surface area contributed by atoms with Crippen molar-refractivity contribution in [3.8, 4) is 0 Å². The van der Waals surface area contributed by atoms with Crippen LogP contribution in [0.3, 0.4) is 0 Å². The van der Waals surface area contributed by atoms with Gasteiger partial charge in [-0.1, -0.05) is 0 Å². The second-order valence-electron chi connectivity index (χ2n) is 8.67. The molecular weight excluding hydrogens is 426 g/mol. The van der Waals surface area contributed by atoms with Gasteiger partial charge in [-0.25, -0.2) is 0 Å². The van der Waals surface area contributed by atoms with Gasteiger partial charge in [0.05, 0.1) is 0 Å². The maximum atomic E-state index is 7.79. The Morgan fingerprint density at radius 2 is 1.20 bits per heavy atom. The van der Waals surface area contributed by atoms with Crippen LogP contribution in [-0.4, -0.2) is 3.71 Å². The van der Waals surface area contributed by atoms with Crippen LogP contribution in [0.4, 0.5) is 0 Å². The molecule has 0 heterocycles. The van der Waals surface area contributed by atoms with Crippen LogP contribution >= 0.6 is 17.0 Å². The second kappa shape index (κ2) is 6.43. The molecule has 0 aromatic rings. The summed E-state index contributed by atoms with van der Waals surface area (Å²) in [4.78, 5) is 0. The monoisotopic (exact) mass is 454 g/mol. The first kappa shape index (κ1) is 18.6. The van der Waals surface area contributed by atoms with Crippen molar-refractivity contribution in [3.05, 3.63) is 45.6 Å². The molecule has 25 heavy (non-hydrogen) atoms. The van der Waals surface area contributed by atoms with Crippen molar-refractivity contribution in [2.45, 2.75) is 79.4 Å². The molecule has 0 fully saturated rings. The van der Waals surface area contributed by atoms with E-state index in [0.29, 0.717) is 7.25 Å². The number of hydrogen-bond donors (Lipinski definition) is 0. The van der Waals surface area contributed by atoms with Gasteiger partial charge in [0.25, 0.3) is 0 Å². The van der Waals surface area contributed by atoms with E-state index in [-0.39, 0.29) is 0 Å². The summed E-state index contributed by atoms with van der Waals surface area (Å²) >= 11 is -4.25. The fraction of sp³-hybridized carbons (Fsp3) is 0.591. The van der Waals surface area contributed by atoms with E-state index in [4.69, 9.17) is 17.0 Å². The summed E-state index contributed by atoms with van der Waals surface area (Å²) in [5.74, 6) is 0. The predicted octanol–water partition coefficient (Wildman–Crippen LogP) is 8.04. The van der Waals surface area contributed by atoms with Crippen molar-refractivity contribution in [1.82, 2.24) is 0 Å². The molecule has 0 amide bonds. The van der Waals surface area contributed by atoms with E-state index in [1.807, 2.05) is 0 Å². The van der Waals surface area contributed by atoms with Crippen LogP contribution in [0.5, 0.6) is 0 Å². The van der Waals surface area contributed by atoms with E-state index in [9.17, 15) is 0 Å². The third kappa shape index (κ3) is 2.75. The van der Waals surface area contributed by atoms with Crippen LogP contribution in [0.15, 0.2) is 45.6 Å². The van der Waals surface area contributed by atoms with Gasteiger partial charge in [0.2, 0.25) is 0 Å². The number of rotatable bonds is 2. The van der Waals surface area contributed by atoms with Gasteiger partial charge in [0.1, 0.15) is 0 Å². The summed E-state index contributed by atoms with van der Waals surface area (Å²) < 4.78 is 2.98. The quantitative estimate of drug-likeness (QED) is 0.394. The Balaban J connectivity index is 1.88. The molecule has 0 nitrogen and oxygen atoms in total. The third-order valence-corrected chi connectivity index (χ3v) is 27.0. The second-order valence-corrected chi connectivity index (χ2v) is 30.1. The van der Waals surface area contributed by atoms with Gasteiger partial charge in [0, 0.05) is 0 Å². The Morgan fingerprint density at radius 3 is 1.60 bits per heavy atom. The molecule has 3 heteroatoms. The van der Waals surface area contributed by atoms with E-state index in [0.717, 1.165) is 0 Å². The summed E-state index contributed by atoms with van der Waals surface area (Å²) in [5.41, 5.74) is 9.23. The zero-order chi connectivity index (χ0) is 17.8. The van der Waals surface area contributed by atoms with Gasteiger partial charge in [0.15, 0.2) is 0 Å². The molecule has 4 aliphatic carbocycles. The van der Waals surface area contributed by atoms with Crippen LogP contribution < -0.4 is 0 Å². The van der Waals surface area contributed by atoms with Crippen LogP contribution in [0.2, 0.25) is 7.25 Å². The fourth-order valence-electron chi connectivity index (χ4n) is 6.19. The molecule has 0 saturated heterocycles. The van der Waals surface area contributed by atoms with E-state index in [1.54, 1.807) is 22.3 Å². The molecule has 0 radical (unpaired) electrons. The molecule has 2 unspecified atom stereocenters.